The molecule has 0 aromatic heterocycles. The van der Waals surface area contributed by atoms with Crippen LogP contribution in [-0.4, -0.2) is 47.7 Å². The third kappa shape index (κ3) is 98.5. The minimum absolute atomic E-state index is 0. The molecule has 0 saturated heterocycles. The number of hydrogen-bond donors (Lipinski definition) is 1. The molecule has 18 heavy (non-hydrogen) atoms. The van der Waals surface area contributed by atoms with Gasteiger partial charge in [-0.3, -0.25) is 4.18 Å². The Labute approximate surface area is 116 Å². The van der Waals surface area contributed by atoms with Crippen molar-refractivity contribution >= 4 is 29.9 Å². The summed E-state index contributed by atoms with van der Waals surface area (Å²) in [6.45, 7) is 4.39. The fourth-order valence-electron chi connectivity index (χ4n) is 0.235. The summed E-state index contributed by atoms with van der Waals surface area (Å²) in [7, 11) is -1.88. The highest BCUT2D eigenvalue weighted by Crippen LogP contribution is 1.87. The first kappa shape index (κ1) is 26.6. The lowest BCUT2D eigenvalue weighted by atomic mass is 10.5. The van der Waals surface area contributed by atoms with Crippen LogP contribution in [0.4, 0.5) is 0 Å². The maximum absolute atomic E-state index is 10.2. The summed E-state index contributed by atoms with van der Waals surface area (Å²) in [5, 5.41) is 7.88. The van der Waals surface area contributed by atoms with Crippen molar-refractivity contribution in [2.75, 3.05) is 25.7 Å². The lowest BCUT2D eigenvalue weighted by Crippen LogP contribution is -2.02. The van der Waals surface area contributed by atoms with E-state index in [9.17, 15) is 16.8 Å². The summed E-state index contributed by atoms with van der Waals surface area (Å²) in [6, 6.07) is 0. The Morgan fingerprint density at radius 2 is 1.33 bits per heavy atom. The van der Waals surface area contributed by atoms with Gasteiger partial charge in [-0.1, -0.05) is 21.3 Å². The van der Waals surface area contributed by atoms with Crippen molar-refractivity contribution in [3.8, 4) is 0 Å². The van der Waals surface area contributed by atoms with Gasteiger partial charge in [-0.15, -0.1) is 0 Å². The molecule has 0 aliphatic heterocycles. The van der Waals surface area contributed by atoms with E-state index in [1.807, 2.05) is 13.8 Å². The van der Waals surface area contributed by atoms with Crippen LogP contribution in [-0.2, 0) is 23.4 Å². The third-order valence-corrected chi connectivity index (χ3v) is 1.32. The van der Waals surface area contributed by atoms with Crippen molar-refractivity contribution in [2.24, 2.45) is 0 Å². The minimum atomic E-state index is -3.19. The first-order valence-electron chi connectivity index (χ1n) is 4.82. The summed E-state index contributed by atoms with van der Waals surface area (Å²) in [5.74, 6) is 0. The van der Waals surface area contributed by atoms with E-state index >= 15 is 0 Å². The van der Waals surface area contributed by atoms with Gasteiger partial charge in [0.15, 0.2) is 0 Å². The van der Waals surface area contributed by atoms with Crippen LogP contribution in [0.25, 0.3) is 0 Å². The van der Waals surface area contributed by atoms with E-state index in [0.717, 1.165) is 25.4 Å². The smallest absolute Gasteiger partial charge is 0.264 e. The SMILES string of the molecule is C.CCCO.CCCOS(C)(=O)=O.CS(=O)(=O)Cl. The lowest BCUT2D eigenvalue weighted by molar-refractivity contribution is 0.295. The molecular weight excluding hydrogens is 304 g/mol. The van der Waals surface area contributed by atoms with Gasteiger partial charge in [-0.05, 0) is 12.8 Å². The Morgan fingerprint density at radius 1 is 1.06 bits per heavy atom. The van der Waals surface area contributed by atoms with E-state index in [0.29, 0.717) is 13.2 Å². The van der Waals surface area contributed by atoms with Gasteiger partial charge in [-0.25, -0.2) is 8.42 Å². The highest BCUT2D eigenvalue weighted by atomic mass is 35.7. The molecule has 0 radical (unpaired) electrons. The summed E-state index contributed by atoms with van der Waals surface area (Å²) in [4.78, 5) is 0. The van der Waals surface area contributed by atoms with E-state index in [4.69, 9.17) is 5.11 Å². The van der Waals surface area contributed by atoms with Gasteiger partial charge in [0.1, 0.15) is 0 Å². The molecule has 0 aromatic rings. The van der Waals surface area contributed by atoms with Gasteiger partial charge in [0.05, 0.1) is 19.1 Å². The molecular formula is C9H25ClO6S2. The highest BCUT2D eigenvalue weighted by molar-refractivity contribution is 8.13. The van der Waals surface area contributed by atoms with Crippen LogP contribution >= 0.6 is 10.7 Å². The zero-order chi connectivity index (χ0) is 14.5. The van der Waals surface area contributed by atoms with Crippen LogP contribution in [0.5, 0.6) is 0 Å². The lowest BCUT2D eigenvalue weighted by Gasteiger charge is -1.94. The average molecular weight is 329 g/mol. The quantitative estimate of drug-likeness (QED) is 0.621. The topological polar surface area (TPSA) is 97.7 Å². The van der Waals surface area contributed by atoms with Crippen LogP contribution in [0.15, 0.2) is 0 Å². The number of halogens is 1. The van der Waals surface area contributed by atoms with Gasteiger partial charge in [-0.2, -0.15) is 8.42 Å². The van der Waals surface area contributed by atoms with Crippen molar-refractivity contribution in [2.45, 2.75) is 34.1 Å². The normalized spacial score (nSPS) is 10.1. The first-order chi connectivity index (χ1) is 7.47. The molecule has 9 heteroatoms. The fourth-order valence-corrected chi connectivity index (χ4v) is 0.704. The first-order valence-corrected chi connectivity index (χ1v) is 9.36. The van der Waals surface area contributed by atoms with E-state index < -0.39 is 19.2 Å². The van der Waals surface area contributed by atoms with Gasteiger partial charge in [0.25, 0.3) is 10.1 Å². The average Bonchev–Trinajstić information content (AvgIpc) is 2.11. The maximum atomic E-state index is 10.2. The second-order valence-electron chi connectivity index (χ2n) is 2.93. The largest absolute Gasteiger partial charge is 0.396 e. The van der Waals surface area contributed by atoms with E-state index in [1.165, 1.54) is 0 Å². The molecule has 0 spiro atoms. The molecule has 0 rings (SSSR count). The zero-order valence-corrected chi connectivity index (χ0v) is 12.9. The van der Waals surface area contributed by atoms with Crippen LogP contribution in [0, 0.1) is 0 Å². The Morgan fingerprint density at radius 3 is 1.39 bits per heavy atom. The van der Waals surface area contributed by atoms with Crippen molar-refractivity contribution in [1.82, 2.24) is 0 Å². The molecule has 0 heterocycles. The molecule has 0 aromatic carbocycles. The number of rotatable bonds is 4. The van der Waals surface area contributed by atoms with Crippen molar-refractivity contribution in [3.63, 3.8) is 0 Å². The number of aliphatic hydroxyl groups excluding tert-OH is 1. The summed E-state index contributed by atoms with van der Waals surface area (Å²) < 4.78 is 43.5. The second-order valence-corrected chi connectivity index (χ2v) is 7.62. The van der Waals surface area contributed by atoms with Crippen LogP contribution in [0.2, 0.25) is 0 Å². The molecule has 0 amide bonds. The van der Waals surface area contributed by atoms with Gasteiger partial charge in [0.2, 0.25) is 9.05 Å². The molecule has 0 fully saturated rings. The molecule has 0 unspecified atom stereocenters. The molecule has 0 saturated carbocycles. The van der Waals surface area contributed by atoms with Gasteiger partial charge >= 0.3 is 0 Å². The minimum Gasteiger partial charge on any atom is -0.396 e. The Balaban J connectivity index is -0.0000000855. The van der Waals surface area contributed by atoms with Crippen molar-refractivity contribution in [1.29, 1.82) is 0 Å². The number of aliphatic hydroxyl groups is 1. The van der Waals surface area contributed by atoms with Gasteiger partial charge in [0, 0.05) is 17.3 Å². The van der Waals surface area contributed by atoms with Crippen LogP contribution < -0.4 is 0 Å². The van der Waals surface area contributed by atoms with E-state index in [-0.39, 0.29) is 7.43 Å². The molecule has 0 aliphatic carbocycles. The van der Waals surface area contributed by atoms with Crippen LogP contribution in [0.3, 0.4) is 0 Å². The highest BCUT2D eigenvalue weighted by Gasteiger charge is 1.96. The maximum Gasteiger partial charge on any atom is 0.264 e. The van der Waals surface area contributed by atoms with Crippen LogP contribution in [0.1, 0.15) is 34.1 Å². The third-order valence-electron chi connectivity index (χ3n) is 0.725. The molecule has 116 valence electrons. The monoisotopic (exact) mass is 328 g/mol. The zero-order valence-electron chi connectivity index (χ0n) is 10.5. The summed E-state index contributed by atoms with van der Waals surface area (Å²) in [5.41, 5.74) is 0. The fraction of sp³-hybridized carbons (Fsp3) is 1.00. The summed E-state index contributed by atoms with van der Waals surface area (Å²) >= 11 is 0. The standard InChI is InChI=1S/C4H10O3S.C3H8O.CH3ClO2S.CH4/c1-3-4-7-8(2,5)6;1-2-3-4;1-5(2,3)4;/h3-4H2,1-2H3;4H,2-3H2,1H3;1H3;1H4. The molecule has 1 N–H and O–H groups in total. The predicted octanol–water partition coefficient (Wildman–Crippen LogP) is 1.58. The molecule has 6 nitrogen and oxygen atoms in total. The molecule has 0 bridgehead atoms. The predicted molar refractivity (Wildman–Crippen MR) is 75.9 cm³/mol. The van der Waals surface area contributed by atoms with Crippen molar-refractivity contribution < 1.29 is 26.1 Å². The Hall–Kier alpha value is 0.110. The number of hydrogen-bond acceptors (Lipinski definition) is 6. The van der Waals surface area contributed by atoms with Crippen molar-refractivity contribution in [3.05, 3.63) is 0 Å². The van der Waals surface area contributed by atoms with Gasteiger partial charge < -0.3 is 5.11 Å². The second kappa shape index (κ2) is 15.2. The Kier molecular flexibility index (Phi) is 22.4. The summed E-state index contributed by atoms with van der Waals surface area (Å²) in [6.07, 6.45) is 3.57. The van der Waals surface area contributed by atoms with E-state index in [2.05, 4.69) is 14.9 Å². The Bertz CT molecular complexity index is 326. The molecule has 0 aliphatic rings. The molecule has 0 atom stereocenters. The van der Waals surface area contributed by atoms with E-state index in [1.54, 1.807) is 0 Å².